The molecule has 4 heteroatoms. The van der Waals surface area contributed by atoms with Gasteiger partial charge < -0.3 is 4.98 Å². The van der Waals surface area contributed by atoms with Gasteiger partial charge in [0.1, 0.15) is 0 Å². The second-order valence-corrected chi connectivity index (χ2v) is 17.0. The summed E-state index contributed by atoms with van der Waals surface area (Å²) in [4.78, 5) is 28.0. The van der Waals surface area contributed by atoms with Gasteiger partial charge in [-0.05, 0) is 103 Å². The summed E-state index contributed by atoms with van der Waals surface area (Å²) in [6.45, 7) is 2.14. The monoisotopic (exact) mass is 819 g/mol. The van der Waals surface area contributed by atoms with E-state index in [0.717, 1.165) is 50.3 Å². The molecule has 0 saturated heterocycles. The number of pyridine rings is 1. The Kier molecular flexibility index (Phi) is 8.63. The predicted octanol–water partition coefficient (Wildman–Crippen LogP) is 13.4. The van der Waals surface area contributed by atoms with Crippen LogP contribution in [0.2, 0.25) is 0 Å². The third-order valence-electron chi connectivity index (χ3n) is 13.7. The lowest BCUT2D eigenvalue weighted by Gasteiger charge is -2.37. The summed E-state index contributed by atoms with van der Waals surface area (Å²) in [5.74, 6) is -0.0125. The number of carbonyl (C=O) groups is 1. The van der Waals surface area contributed by atoms with Crippen molar-refractivity contribution in [3.8, 4) is 44.6 Å². The molecule has 1 N–H and O–H groups in total. The molecule has 0 spiro atoms. The van der Waals surface area contributed by atoms with Gasteiger partial charge >= 0.3 is 0 Å². The zero-order valence-corrected chi connectivity index (χ0v) is 35.2. The number of carbonyl (C=O) groups excluding carboxylic acids is 1. The number of aromatic nitrogens is 3. The average molecular weight is 820 g/mol. The first kappa shape index (κ1) is 37.5. The first-order chi connectivity index (χ1) is 31.6. The molecule has 2 aromatic heterocycles. The van der Waals surface area contributed by atoms with Crippen molar-refractivity contribution in [1.29, 1.82) is 0 Å². The van der Waals surface area contributed by atoms with Crippen LogP contribution in [0.25, 0.3) is 44.6 Å². The fraction of sp³-hybridized carbons (Fsp3) is 0.0500. The van der Waals surface area contributed by atoms with Crippen molar-refractivity contribution in [2.75, 3.05) is 0 Å². The normalized spacial score (nSPS) is 15.2. The van der Waals surface area contributed by atoms with Gasteiger partial charge in [-0.3, -0.25) is 9.78 Å². The SMILES string of the molecule is Cc1ccnc([C@]2(c3cccc(C4(c5cccc(C(=O)c6ccccc6-c6ccccc6)c5)c5ccccc5-c5ccccc54)c3)c3ccccc3-c3c(-c4cnc[nH]4)cccc32)c1. The molecule has 2 aliphatic carbocycles. The highest BCUT2D eigenvalue weighted by Crippen LogP contribution is 2.60. The molecule has 0 bridgehead atoms. The van der Waals surface area contributed by atoms with Gasteiger partial charge in [0.25, 0.3) is 0 Å². The van der Waals surface area contributed by atoms with Gasteiger partial charge in [-0.1, -0.05) is 188 Å². The van der Waals surface area contributed by atoms with Gasteiger partial charge in [-0.25, -0.2) is 4.98 Å². The molecule has 0 aliphatic heterocycles. The lowest BCUT2D eigenvalue weighted by molar-refractivity contribution is 0.103. The third kappa shape index (κ3) is 5.39. The number of fused-ring (bicyclic) bond motifs is 6. The number of benzene rings is 8. The summed E-state index contributed by atoms with van der Waals surface area (Å²) in [5.41, 5.74) is 18.5. The van der Waals surface area contributed by atoms with E-state index in [1.165, 1.54) is 44.5 Å². The number of nitrogens with one attached hydrogen (secondary N) is 1. The van der Waals surface area contributed by atoms with Gasteiger partial charge in [-0.15, -0.1) is 0 Å². The molecule has 0 amide bonds. The molecule has 0 radical (unpaired) electrons. The number of nitrogens with zero attached hydrogens (tertiary/aromatic N) is 2. The molecule has 0 saturated carbocycles. The molecule has 64 heavy (non-hydrogen) atoms. The summed E-state index contributed by atoms with van der Waals surface area (Å²) < 4.78 is 0. The maximum Gasteiger partial charge on any atom is 0.193 e. The number of aryl methyl sites for hydroxylation is 1. The summed E-state index contributed by atoms with van der Waals surface area (Å²) in [7, 11) is 0. The smallest absolute Gasteiger partial charge is 0.193 e. The Morgan fingerprint density at radius 3 is 1.75 bits per heavy atom. The number of imidazole rings is 1. The molecule has 8 aromatic carbocycles. The van der Waals surface area contributed by atoms with E-state index < -0.39 is 10.8 Å². The number of rotatable bonds is 8. The van der Waals surface area contributed by atoms with Crippen LogP contribution in [0.15, 0.2) is 225 Å². The maximum atomic E-state index is 14.9. The quantitative estimate of drug-likeness (QED) is 0.155. The van der Waals surface area contributed by atoms with E-state index in [4.69, 9.17) is 4.98 Å². The zero-order valence-electron chi connectivity index (χ0n) is 35.2. The first-order valence-electron chi connectivity index (χ1n) is 21.8. The van der Waals surface area contributed by atoms with Gasteiger partial charge in [0.2, 0.25) is 0 Å². The molecule has 0 fully saturated rings. The molecule has 302 valence electrons. The lowest BCUT2D eigenvalue weighted by Crippen LogP contribution is -2.32. The van der Waals surface area contributed by atoms with Crippen molar-refractivity contribution < 1.29 is 4.79 Å². The zero-order chi connectivity index (χ0) is 42.8. The molecule has 12 rings (SSSR count). The van der Waals surface area contributed by atoms with Crippen molar-refractivity contribution in [2.45, 2.75) is 17.8 Å². The first-order valence-corrected chi connectivity index (χ1v) is 21.8. The van der Waals surface area contributed by atoms with Crippen molar-refractivity contribution in [3.05, 3.63) is 286 Å². The highest BCUT2D eigenvalue weighted by atomic mass is 16.1. The van der Waals surface area contributed by atoms with Gasteiger partial charge in [0, 0.05) is 22.9 Å². The van der Waals surface area contributed by atoms with Crippen LogP contribution in [0.1, 0.15) is 66.1 Å². The summed E-state index contributed by atoms with van der Waals surface area (Å²) in [6, 6.07) is 73.0. The lowest BCUT2D eigenvalue weighted by atomic mass is 9.64. The average Bonchev–Trinajstić information content (AvgIpc) is 4.08. The molecule has 1 atom stereocenters. The second kappa shape index (κ2) is 14.7. The number of aromatic amines is 1. The Labute approximate surface area is 372 Å². The van der Waals surface area contributed by atoms with Crippen LogP contribution >= 0.6 is 0 Å². The van der Waals surface area contributed by atoms with Gasteiger partial charge in [0.05, 0.1) is 34.7 Å². The van der Waals surface area contributed by atoms with Crippen LogP contribution in [0.3, 0.4) is 0 Å². The molecular formula is C60H41N3O. The Morgan fingerprint density at radius 2 is 1.05 bits per heavy atom. The Hall–Kier alpha value is -8.21. The van der Waals surface area contributed by atoms with Crippen LogP contribution in [0, 0.1) is 6.92 Å². The van der Waals surface area contributed by atoms with Gasteiger partial charge in [0.15, 0.2) is 5.78 Å². The number of hydrogen-bond acceptors (Lipinski definition) is 3. The molecule has 2 heterocycles. The molecule has 4 nitrogen and oxygen atoms in total. The Balaban J connectivity index is 1.14. The minimum atomic E-state index is -0.779. The summed E-state index contributed by atoms with van der Waals surface area (Å²) in [6.07, 6.45) is 5.59. The Bertz CT molecular complexity index is 3390. The Morgan fingerprint density at radius 1 is 0.484 bits per heavy atom. The van der Waals surface area contributed by atoms with Crippen LogP contribution in [0.4, 0.5) is 0 Å². The fourth-order valence-electron chi connectivity index (χ4n) is 11.0. The van der Waals surface area contributed by atoms with Crippen LogP contribution < -0.4 is 0 Å². The third-order valence-corrected chi connectivity index (χ3v) is 13.7. The number of hydrogen-bond donors (Lipinski definition) is 1. The molecule has 10 aromatic rings. The summed E-state index contributed by atoms with van der Waals surface area (Å²) in [5, 5.41) is 0. The van der Waals surface area contributed by atoms with Gasteiger partial charge in [-0.2, -0.15) is 0 Å². The van der Waals surface area contributed by atoms with Crippen molar-refractivity contribution in [2.24, 2.45) is 0 Å². The van der Waals surface area contributed by atoms with Crippen molar-refractivity contribution in [3.63, 3.8) is 0 Å². The van der Waals surface area contributed by atoms with Crippen LogP contribution in [0.5, 0.6) is 0 Å². The maximum absolute atomic E-state index is 14.9. The number of ketones is 1. The highest BCUT2D eigenvalue weighted by molar-refractivity contribution is 6.13. The molecular weight excluding hydrogens is 779 g/mol. The highest BCUT2D eigenvalue weighted by Gasteiger charge is 2.51. The largest absolute Gasteiger partial charge is 0.345 e. The predicted molar refractivity (Wildman–Crippen MR) is 256 cm³/mol. The van der Waals surface area contributed by atoms with Crippen LogP contribution in [-0.2, 0) is 10.8 Å². The van der Waals surface area contributed by atoms with Crippen molar-refractivity contribution in [1.82, 2.24) is 15.0 Å². The van der Waals surface area contributed by atoms with Crippen molar-refractivity contribution >= 4 is 5.78 Å². The summed E-state index contributed by atoms with van der Waals surface area (Å²) >= 11 is 0. The molecule has 0 unspecified atom stereocenters. The topological polar surface area (TPSA) is 58.6 Å². The van der Waals surface area contributed by atoms with E-state index >= 15 is 0 Å². The standard InChI is InChI=1S/C60H41N3O/c1-39-32-33-62-56(34-39)60(53-30-12-9-26-49(53)57-50(27-15-31-54(57)60)55-37-61-38-63-55)44-21-14-20-43(36-44)59(51-28-10-7-23-46(51)47-24-8-11-29-52(47)59)42-19-13-18-41(35-42)58(64)48-25-6-5-22-45(48)40-16-3-2-4-17-40/h2-38H,1H3,(H,61,63)/t60-/m1/s1. The van der Waals surface area contributed by atoms with E-state index in [9.17, 15) is 4.79 Å². The van der Waals surface area contributed by atoms with E-state index in [1.807, 2.05) is 60.9 Å². The molecule has 2 aliphatic rings. The van der Waals surface area contributed by atoms with E-state index in [2.05, 4.69) is 175 Å². The minimum Gasteiger partial charge on any atom is -0.345 e. The second-order valence-electron chi connectivity index (χ2n) is 17.0. The van der Waals surface area contributed by atoms with E-state index in [1.54, 1.807) is 6.33 Å². The minimum absolute atomic E-state index is 0.0125. The number of H-pyrrole nitrogens is 1. The fourth-order valence-corrected chi connectivity index (χ4v) is 11.0. The van der Waals surface area contributed by atoms with E-state index in [0.29, 0.717) is 11.1 Å². The van der Waals surface area contributed by atoms with E-state index in [-0.39, 0.29) is 5.78 Å². The van der Waals surface area contributed by atoms with Crippen LogP contribution in [-0.4, -0.2) is 20.7 Å².